The van der Waals surface area contributed by atoms with E-state index in [4.69, 9.17) is 23.2 Å². The molecule has 0 saturated heterocycles. The lowest BCUT2D eigenvalue weighted by molar-refractivity contribution is -0.141. The van der Waals surface area contributed by atoms with Crippen molar-refractivity contribution in [3.05, 3.63) is 63.6 Å². The van der Waals surface area contributed by atoms with E-state index >= 15 is 0 Å². The van der Waals surface area contributed by atoms with E-state index in [-0.39, 0.29) is 43.4 Å². The highest BCUT2D eigenvalue weighted by Crippen LogP contribution is 2.25. The first-order chi connectivity index (χ1) is 17.9. The molecule has 0 unspecified atom stereocenters. The van der Waals surface area contributed by atoms with Gasteiger partial charge in [-0.05, 0) is 49.1 Å². The molecule has 0 fully saturated rings. The van der Waals surface area contributed by atoms with E-state index in [1.807, 2.05) is 6.92 Å². The maximum atomic E-state index is 13.7. The summed E-state index contributed by atoms with van der Waals surface area (Å²) in [7, 11) is -3.84. The molecule has 0 aliphatic heterocycles. The van der Waals surface area contributed by atoms with Crippen molar-refractivity contribution >= 4 is 50.7 Å². The number of benzene rings is 2. The number of rotatable bonds is 14. The van der Waals surface area contributed by atoms with Crippen molar-refractivity contribution in [2.24, 2.45) is 0 Å². The Morgan fingerprint density at radius 1 is 1.00 bits per heavy atom. The zero-order valence-electron chi connectivity index (χ0n) is 21.6. The van der Waals surface area contributed by atoms with Gasteiger partial charge in [0.15, 0.2) is 11.6 Å². The molecule has 12 heteroatoms. The first kappa shape index (κ1) is 31.8. The van der Waals surface area contributed by atoms with E-state index in [2.05, 4.69) is 5.32 Å². The number of sulfonamides is 1. The van der Waals surface area contributed by atoms with Gasteiger partial charge in [-0.2, -0.15) is 0 Å². The second-order valence-corrected chi connectivity index (χ2v) is 11.6. The third-order valence-corrected chi connectivity index (χ3v) is 7.83. The quantitative estimate of drug-likeness (QED) is 0.292. The zero-order valence-corrected chi connectivity index (χ0v) is 24.0. The summed E-state index contributed by atoms with van der Waals surface area (Å²) in [5, 5.41) is 3.54. The van der Waals surface area contributed by atoms with Gasteiger partial charge in [0.2, 0.25) is 21.8 Å². The van der Waals surface area contributed by atoms with Crippen LogP contribution < -0.4 is 9.62 Å². The molecule has 2 amide bonds. The molecule has 0 aliphatic rings. The van der Waals surface area contributed by atoms with Crippen LogP contribution in [0.25, 0.3) is 0 Å². The summed E-state index contributed by atoms with van der Waals surface area (Å²) >= 11 is 12.2. The van der Waals surface area contributed by atoms with Gasteiger partial charge in [-0.3, -0.25) is 13.9 Å². The molecule has 1 atom stereocenters. The molecule has 1 N–H and O–H groups in total. The summed E-state index contributed by atoms with van der Waals surface area (Å²) in [6, 6.07) is 6.98. The van der Waals surface area contributed by atoms with Crippen molar-refractivity contribution in [2.75, 3.05) is 23.7 Å². The minimum atomic E-state index is -3.84. The third-order valence-electron chi connectivity index (χ3n) is 5.90. The molecule has 0 heterocycles. The van der Waals surface area contributed by atoms with E-state index in [0.717, 1.165) is 41.6 Å². The van der Waals surface area contributed by atoms with Crippen LogP contribution in [-0.2, 0) is 26.2 Å². The van der Waals surface area contributed by atoms with Crippen molar-refractivity contribution in [3.63, 3.8) is 0 Å². The molecular formula is C26H33Cl2F2N3O4S. The SMILES string of the molecule is CCCCNC(=O)[C@@H](CC)N(Cc1ccc(Cl)c(Cl)c1)C(=O)CCCN(c1ccc(F)c(F)c1)S(C)(=O)=O. The Balaban J connectivity index is 2.24. The molecule has 0 aromatic heterocycles. The lowest BCUT2D eigenvalue weighted by Gasteiger charge is -2.31. The van der Waals surface area contributed by atoms with Gasteiger partial charge in [0.05, 0.1) is 22.0 Å². The first-order valence-electron chi connectivity index (χ1n) is 12.3. The molecule has 210 valence electrons. The highest BCUT2D eigenvalue weighted by Gasteiger charge is 2.29. The maximum Gasteiger partial charge on any atom is 0.242 e. The van der Waals surface area contributed by atoms with Gasteiger partial charge in [-0.25, -0.2) is 17.2 Å². The Morgan fingerprint density at radius 3 is 2.29 bits per heavy atom. The second kappa shape index (κ2) is 14.6. The molecule has 2 aromatic carbocycles. The summed E-state index contributed by atoms with van der Waals surface area (Å²) in [6.45, 7) is 4.24. The average molecular weight is 593 g/mol. The largest absolute Gasteiger partial charge is 0.354 e. The fourth-order valence-corrected chi connectivity index (χ4v) is 5.18. The topological polar surface area (TPSA) is 86.8 Å². The predicted octanol–water partition coefficient (Wildman–Crippen LogP) is 5.54. The predicted molar refractivity (Wildman–Crippen MR) is 147 cm³/mol. The van der Waals surface area contributed by atoms with Crippen LogP contribution in [0.1, 0.15) is 51.5 Å². The monoisotopic (exact) mass is 591 g/mol. The normalized spacial score (nSPS) is 12.2. The number of hydrogen-bond donors (Lipinski definition) is 1. The summed E-state index contributed by atoms with van der Waals surface area (Å²) in [5.41, 5.74) is 0.625. The van der Waals surface area contributed by atoms with Crippen LogP contribution in [-0.4, -0.2) is 50.5 Å². The summed E-state index contributed by atoms with van der Waals surface area (Å²) < 4.78 is 52.7. The van der Waals surface area contributed by atoms with Gasteiger partial charge in [0, 0.05) is 32.1 Å². The van der Waals surface area contributed by atoms with Crippen molar-refractivity contribution in [1.29, 1.82) is 0 Å². The number of carbonyl (C=O) groups is 2. The minimum Gasteiger partial charge on any atom is -0.354 e. The molecule has 38 heavy (non-hydrogen) atoms. The Hall–Kier alpha value is -2.43. The molecule has 0 bridgehead atoms. The van der Waals surface area contributed by atoms with Crippen LogP contribution in [0.3, 0.4) is 0 Å². The number of hydrogen-bond acceptors (Lipinski definition) is 4. The van der Waals surface area contributed by atoms with Crippen LogP contribution in [0.5, 0.6) is 0 Å². The number of carbonyl (C=O) groups excluding carboxylic acids is 2. The van der Waals surface area contributed by atoms with Crippen LogP contribution in [0.4, 0.5) is 14.5 Å². The molecule has 2 rings (SSSR count). The molecule has 0 saturated carbocycles. The van der Waals surface area contributed by atoms with Gasteiger partial charge in [0.25, 0.3) is 0 Å². The number of anilines is 1. The van der Waals surface area contributed by atoms with Gasteiger partial charge in [-0.1, -0.05) is 49.5 Å². The van der Waals surface area contributed by atoms with E-state index in [0.29, 0.717) is 28.6 Å². The lowest BCUT2D eigenvalue weighted by atomic mass is 10.1. The fourth-order valence-electron chi connectivity index (χ4n) is 3.90. The number of unbranched alkanes of at least 4 members (excludes halogenated alkanes) is 1. The standard InChI is InChI=1S/C26H33Cl2F2N3O4S/c1-4-6-13-31-26(35)24(5-2)32(17-18-9-11-20(27)21(28)15-18)25(34)8-7-14-33(38(3,36)37)19-10-12-22(29)23(30)16-19/h9-12,15-16,24H,4-8,13-14,17H2,1-3H3,(H,31,35)/t24-/m1/s1. The average Bonchev–Trinajstić information content (AvgIpc) is 2.85. The molecular weight excluding hydrogens is 559 g/mol. The minimum absolute atomic E-state index is 0.0479. The molecule has 0 aliphatic carbocycles. The van der Waals surface area contributed by atoms with E-state index < -0.39 is 27.7 Å². The Kier molecular flexibility index (Phi) is 12.3. The summed E-state index contributed by atoms with van der Waals surface area (Å²) in [6.07, 6.45) is 2.99. The molecule has 7 nitrogen and oxygen atoms in total. The van der Waals surface area contributed by atoms with Crippen molar-refractivity contribution in [3.8, 4) is 0 Å². The van der Waals surface area contributed by atoms with Gasteiger partial charge in [0.1, 0.15) is 6.04 Å². The number of nitrogens with one attached hydrogen (secondary N) is 1. The van der Waals surface area contributed by atoms with Crippen LogP contribution >= 0.6 is 23.2 Å². The van der Waals surface area contributed by atoms with Crippen LogP contribution in [0, 0.1) is 11.6 Å². The molecule has 0 radical (unpaired) electrons. The Bertz CT molecular complexity index is 1230. The Labute approximate surface area is 233 Å². The highest BCUT2D eigenvalue weighted by atomic mass is 35.5. The van der Waals surface area contributed by atoms with Crippen molar-refractivity contribution in [1.82, 2.24) is 10.2 Å². The molecule has 2 aromatic rings. The van der Waals surface area contributed by atoms with Gasteiger partial charge < -0.3 is 10.2 Å². The van der Waals surface area contributed by atoms with E-state index in [1.54, 1.807) is 25.1 Å². The maximum absolute atomic E-state index is 13.7. The Morgan fingerprint density at radius 2 is 1.71 bits per heavy atom. The van der Waals surface area contributed by atoms with Crippen LogP contribution in [0.15, 0.2) is 36.4 Å². The second-order valence-electron chi connectivity index (χ2n) is 8.88. The number of amides is 2. The first-order valence-corrected chi connectivity index (χ1v) is 14.9. The third kappa shape index (κ3) is 9.10. The summed E-state index contributed by atoms with van der Waals surface area (Å²) in [4.78, 5) is 27.8. The van der Waals surface area contributed by atoms with E-state index in [1.165, 1.54) is 4.90 Å². The summed E-state index contributed by atoms with van der Waals surface area (Å²) in [5.74, 6) is -2.93. The number of halogens is 4. The lowest BCUT2D eigenvalue weighted by Crippen LogP contribution is -2.49. The smallest absolute Gasteiger partial charge is 0.242 e. The van der Waals surface area contributed by atoms with Gasteiger partial charge >= 0.3 is 0 Å². The van der Waals surface area contributed by atoms with Gasteiger partial charge in [-0.15, -0.1) is 0 Å². The van der Waals surface area contributed by atoms with Crippen molar-refractivity contribution < 1.29 is 26.8 Å². The van der Waals surface area contributed by atoms with Crippen LogP contribution in [0.2, 0.25) is 10.0 Å². The number of nitrogens with zero attached hydrogens (tertiary/aromatic N) is 2. The fraction of sp³-hybridized carbons (Fsp3) is 0.462. The highest BCUT2D eigenvalue weighted by molar-refractivity contribution is 7.92. The van der Waals surface area contributed by atoms with E-state index in [9.17, 15) is 26.8 Å². The van der Waals surface area contributed by atoms with Crippen molar-refractivity contribution in [2.45, 2.75) is 58.5 Å². The molecule has 0 spiro atoms. The zero-order chi connectivity index (χ0) is 28.5.